The molecule has 2 heterocycles. The average molecular weight is 299 g/mol. The van der Waals surface area contributed by atoms with Crippen LogP contribution in [0.5, 0.6) is 0 Å². The minimum Gasteiger partial charge on any atom is -0.467 e. The summed E-state index contributed by atoms with van der Waals surface area (Å²) in [6.07, 6.45) is -0.745. The number of rotatable bonds is 3. The largest absolute Gasteiger partial charge is 0.467 e. The zero-order valence-electron chi connectivity index (χ0n) is 11.8. The highest BCUT2D eigenvalue weighted by molar-refractivity contribution is 6.04. The lowest BCUT2D eigenvalue weighted by Crippen LogP contribution is -2.47. The molecule has 0 bridgehead atoms. The number of nitrogens with zero attached hydrogens (tertiary/aromatic N) is 3. The van der Waals surface area contributed by atoms with Crippen LogP contribution in [0.3, 0.4) is 0 Å². The van der Waals surface area contributed by atoms with E-state index in [1.54, 1.807) is 0 Å². The Kier molecular flexibility index (Phi) is 4.12. The molecule has 0 aromatic carbocycles. The quantitative estimate of drug-likeness (QED) is 0.478. The summed E-state index contributed by atoms with van der Waals surface area (Å²) in [6.45, 7) is -0.540. The molecule has 0 radical (unpaired) electrons. The fraction of sp³-hybridized carbons (Fsp3) is 0.667. The molecule has 9 heteroatoms. The van der Waals surface area contributed by atoms with Crippen LogP contribution in [-0.2, 0) is 19.1 Å². The van der Waals surface area contributed by atoms with E-state index in [0.717, 1.165) is 9.80 Å². The molecule has 0 aromatic heterocycles. The molecule has 2 aliphatic rings. The number of carbonyl (C=O) groups is 4. The number of hydrogen-bond donors (Lipinski definition) is 1. The van der Waals surface area contributed by atoms with Gasteiger partial charge in [0.2, 0.25) is 5.91 Å². The van der Waals surface area contributed by atoms with Crippen LogP contribution in [0.1, 0.15) is 6.42 Å². The highest BCUT2D eigenvalue weighted by atomic mass is 16.5. The number of likely N-dealkylation sites (N-methyl/N-ethyl adjacent to an activating group) is 1. The van der Waals surface area contributed by atoms with Crippen molar-refractivity contribution >= 4 is 23.8 Å². The number of hydrogen-bond acceptors (Lipinski definition) is 6. The van der Waals surface area contributed by atoms with Gasteiger partial charge in [-0.05, 0) is 0 Å². The summed E-state index contributed by atoms with van der Waals surface area (Å²) < 4.78 is 4.59. The van der Waals surface area contributed by atoms with E-state index in [1.807, 2.05) is 0 Å². The van der Waals surface area contributed by atoms with Crippen molar-refractivity contribution < 1.29 is 29.0 Å². The third-order valence-electron chi connectivity index (χ3n) is 3.60. The van der Waals surface area contributed by atoms with Crippen molar-refractivity contribution in [3.63, 3.8) is 0 Å². The molecule has 1 N–H and O–H groups in total. The maximum absolute atomic E-state index is 12.2. The Hall–Kier alpha value is -2.16. The van der Waals surface area contributed by atoms with Gasteiger partial charge in [-0.2, -0.15) is 0 Å². The van der Waals surface area contributed by atoms with Gasteiger partial charge in [0, 0.05) is 20.0 Å². The van der Waals surface area contributed by atoms with E-state index < -0.39 is 42.5 Å². The SMILES string of the molecule is COC(=O)C1CC(O)CN1C(=O)CN1C(=O)CN(C)C1=O. The first kappa shape index (κ1) is 15.2. The summed E-state index contributed by atoms with van der Waals surface area (Å²) >= 11 is 0. The summed E-state index contributed by atoms with van der Waals surface area (Å²) in [5.41, 5.74) is 0. The monoisotopic (exact) mass is 299 g/mol. The van der Waals surface area contributed by atoms with Crippen LogP contribution < -0.4 is 0 Å². The molecule has 116 valence electrons. The number of methoxy groups -OCH3 is 1. The molecule has 0 saturated carbocycles. The van der Waals surface area contributed by atoms with Gasteiger partial charge in [-0.1, -0.05) is 0 Å². The molecule has 2 aliphatic heterocycles. The molecule has 0 spiro atoms. The number of imide groups is 1. The van der Waals surface area contributed by atoms with Crippen molar-refractivity contribution in [1.29, 1.82) is 0 Å². The average Bonchev–Trinajstić information content (AvgIpc) is 2.93. The number of β-amino-alcohol motifs (C(OH)–C–C–N with tert-alkyl or cyclic N) is 1. The summed E-state index contributed by atoms with van der Waals surface area (Å²) in [7, 11) is 2.65. The van der Waals surface area contributed by atoms with E-state index in [9.17, 15) is 24.3 Å². The predicted octanol–water partition coefficient (Wildman–Crippen LogP) is -1.98. The molecule has 2 saturated heterocycles. The smallest absolute Gasteiger partial charge is 0.328 e. The number of urea groups is 1. The van der Waals surface area contributed by atoms with E-state index in [-0.39, 0.29) is 19.5 Å². The van der Waals surface area contributed by atoms with Crippen LogP contribution in [0.2, 0.25) is 0 Å². The molecule has 4 amide bonds. The first-order valence-electron chi connectivity index (χ1n) is 6.46. The molecule has 2 rings (SSSR count). The van der Waals surface area contributed by atoms with Crippen LogP contribution in [-0.4, -0.2) is 89.6 Å². The second-order valence-corrected chi connectivity index (χ2v) is 5.09. The van der Waals surface area contributed by atoms with Gasteiger partial charge in [-0.15, -0.1) is 0 Å². The van der Waals surface area contributed by atoms with Gasteiger partial charge in [-0.25, -0.2) is 9.59 Å². The Morgan fingerprint density at radius 2 is 2.05 bits per heavy atom. The lowest BCUT2D eigenvalue weighted by Gasteiger charge is -2.24. The predicted molar refractivity (Wildman–Crippen MR) is 67.9 cm³/mol. The topological polar surface area (TPSA) is 107 Å². The Balaban J connectivity index is 2.07. The van der Waals surface area contributed by atoms with Gasteiger partial charge in [0.05, 0.1) is 13.2 Å². The fourth-order valence-electron chi connectivity index (χ4n) is 2.50. The Morgan fingerprint density at radius 1 is 1.38 bits per heavy atom. The number of esters is 1. The minimum absolute atomic E-state index is 0.0232. The molecule has 0 aromatic rings. The zero-order valence-corrected chi connectivity index (χ0v) is 11.8. The number of carbonyl (C=O) groups excluding carboxylic acids is 4. The first-order valence-corrected chi connectivity index (χ1v) is 6.46. The van der Waals surface area contributed by atoms with Crippen LogP contribution in [0, 0.1) is 0 Å². The second-order valence-electron chi connectivity index (χ2n) is 5.09. The van der Waals surface area contributed by atoms with E-state index in [4.69, 9.17) is 0 Å². The van der Waals surface area contributed by atoms with Crippen LogP contribution in [0.25, 0.3) is 0 Å². The van der Waals surface area contributed by atoms with Gasteiger partial charge < -0.3 is 19.6 Å². The number of amides is 4. The summed E-state index contributed by atoms with van der Waals surface area (Å²) in [6, 6.07) is -1.44. The van der Waals surface area contributed by atoms with Gasteiger partial charge in [0.25, 0.3) is 5.91 Å². The Morgan fingerprint density at radius 3 is 2.57 bits per heavy atom. The highest BCUT2D eigenvalue weighted by Crippen LogP contribution is 2.20. The Labute approximate surface area is 121 Å². The van der Waals surface area contributed by atoms with Crippen molar-refractivity contribution in [2.75, 3.05) is 33.8 Å². The van der Waals surface area contributed by atoms with E-state index >= 15 is 0 Å². The number of aliphatic hydroxyl groups excluding tert-OH is 1. The normalized spacial score (nSPS) is 25.8. The lowest BCUT2D eigenvalue weighted by molar-refractivity contribution is -0.151. The molecule has 2 atom stereocenters. The summed E-state index contributed by atoms with van der Waals surface area (Å²) in [4.78, 5) is 50.4. The molecule has 21 heavy (non-hydrogen) atoms. The molecular weight excluding hydrogens is 282 g/mol. The second kappa shape index (κ2) is 5.68. The minimum atomic E-state index is -0.886. The van der Waals surface area contributed by atoms with Crippen LogP contribution >= 0.6 is 0 Å². The molecule has 2 unspecified atom stereocenters. The van der Waals surface area contributed by atoms with Gasteiger partial charge in [-0.3, -0.25) is 14.5 Å². The van der Waals surface area contributed by atoms with E-state index in [1.165, 1.54) is 19.1 Å². The summed E-state index contributed by atoms with van der Waals surface area (Å²) in [5, 5.41) is 9.61. The van der Waals surface area contributed by atoms with Crippen LogP contribution in [0.15, 0.2) is 0 Å². The third-order valence-corrected chi connectivity index (χ3v) is 3.60. The standard InChI is InChI=1S/C12H17N3O6/c1-13-5-9(17)15(12(13)20)6-10(18)14-4-7(16)3-8(14)11(19)21-2/h7-8,16H,3-6H2,1-2H3. The van der Waals surface area contributed by atoms with Gasteiger partial charge >= 0.3 is 12.0 Å². The van der Waals surface area contributed by atoms with Crippen LogP contribution in [0.4, 0.5) is 4.79 Å². The fourth-order valence-corrected chi connectivity index (χ4v) is 2.50. The molecule has 0 aliphatic carbocycles. The molecule has 2 fully saturated rings. The number of ether oxygens (including phenoxy) is 1. The number of likely N-dealkylation sites (tertiary alicyclic amines) is 1. The van der Waals surface area contributed by atoms with Gasteiger partial charge in [0.15, 0.2) is 0 Å². The third kappa shape index (κ3) is 2.82. The molecular formula is C12H17N3O6. The maximum atomic E-state index is 12.2. The van der Waals surface area contributed by atoms with Crippen molar-refractivity contribution in [2.45, 2.75) is 18.6 Å². The Bertz CT molecular complexity index is 493. The zero-order chi connectivity index (χ0) is 15.7. The van der Waals surface area contributed by atoms with Crippen molar-refractivity contribution in [1.82, 2.24) is 14.7 Å². The van der Waals surface area contributed by atoms with Crippen molar-refractivity contribution in [3.8, 4) is 0 Å². The van der Waals surface area contributed by atoms with E-state index in [0.29, 0.717) is 0 Å². The van der Waals surface area contributed by atoms with Crippen molar-refractivity contribution in [3.05, 3.63) is 0 Å². The van der Waals surface area contributed by atoms with Gasteiger partial charge in [0.1, 0.15) is 19.1 Å². The molecule has 9 nitrogen and oxygen atoms in total. The maximum Gasteiger partial charge on any atom is 0.328 e. The van der Waals surface area contributed by atoms with Crippen molar-refractivity contribution in [2.24, 2.45) is 0 Å². The van der Waals surface area contributed by atoms with E-state index in [2.05, 4.69) is 4.74 Å². The number of aliphatic hydroxyl groups is 1. The summed E-state index contributed by atoms with van der Waals surface area (Å²) in [5.74, 6) is -1.67. The highest BCUT2D eigenvalue weighted by Gasteiger charge is 2.42. The lowest BCUT2D eigenvalue weighted by atomic mass is 10.2. The first-order chi connectivity index (χ1) is 9.85.